The number of aromatic nitrogens is 7. The van der Waals surface area contributed by atoms with Gasteiger partial charge in [0.25, 0.3) is 5.91 Å². The molecular weight excluding hydrogens is 1440 g/mol. The van der Waals surface area contributed by atoms with E-state index in [4.69, 9.17) is 42.1 Å². The number of nitrogens with zero attached hydrogens (tertiary/aromatic N) is 7. The zero-order valence-corrected chi connectivity index (χ0v) is 61.0. The molecule has 1 aliphatic carbocycles. The Kier molecular flexibility index (Phi) is 32.7. The van der Waals surface area contributed by atoms with Crippen molar-refractivity contribution in [2.45, 2.75) is 65.2 Å². The maximum absolute atomic E-state index is 12.3. The van der Waals surface area contributed by atoms with Gasteiger partial charge in [0.05, 0.1) is 96.8 Å². The standard InChI is InChI=1S/C16H18N2O2.C15H11N3O2.C14H14N2O4.C13H12N2O4.C12H12N2O3.C12H14N2O2/c19-15(13-9-5-2-6-10-13)18-16-14(11-17-20-16)12-7-3-1-4-8-12;19-14(13-8-4-5-9-16-13)18-15-12(10-17-20-15)11-6-2-1-3-7-11;1-2-19-13(18)8-12(17)16-14-11(9-15-20-14)10-6-4-3-5-7-10;1-2-18-13(17)11(16)15-12-10(8-14-19-12)9-6-4-3-5-7-9;15-7-6-11(16)14-12-10(8-13-17-12)9-4-2-1-3-5-9;15-8-4-7-13-12-11(9-14-16-12)10-5-2-1-3-6-10/h1,3-4,7-8,11,13H,2,5-6,9-10H2,(H,18,19);1-10H,(H,18,19);3-7,9H,2,8H2,1H3,(H,16,17);3-8H,2H2,1H3,(H,15,16);1-5,8,15H,6-7H2,(H,14,16);1-3,5-6,9,13,15H,4,7-8H2. The van der Waals surface area contributed by atoms with Crippen molar-refractivity contribution in [3.8, 4) is 66.8 Å². The zero-order chi connectivity index (χ0) is 78.9. The molecule has 5 amide bonds. The predicted molar refractivity (Wildman–Crippen MR) is 415 cm³/mol. The summed E-state index contributed by atoms with van der Waals surface area (Å²) >= 11 is 0. The molecule has 8 N–H and O–H groups in total. The number of carbonyl (C=O) groups is 7. The fourth-order valence-electron chi connectivity index (χ4n) is 10.6. The minimum absolute atomic E-state index is 0.0366. The van der Waals surface area contributed by atoms with Gasteiger partial charge in [-0.1, -0.05) is 238 Å². The van der Waals surface area contributed by atoms with E-state index in [1.165, 1.54) is 18.8 Å². The van der Waals surface area contributed by atoms with Crippen LogP contribution in [0.4, 0.5) is 35.3 Å². The number of benzene rings is 6. The molecule has 112 heavy (non-hydrogen) atoms. The fraction of sp³-hybridized carbons (Fsp3) is 0.195. The number of hydrogen-bond donors (Lipinski definition) is 8. The van der Waals surface area contributed by atoms with Crippen LogP contribution in [0.15, 0.2) is 271 Å². The van der Waals surface area contributed by atoms with Gasteiger partial charge >= 0.3 is 17.8 Å². The first kappa shape index (κ1) is 81.8. The Hall–Kier alpha value is -14.3. The van der Waals surface area contributed by atoms with Crippen LogP contribution in [0.2, 0.25) is 0 Å². The van der Waals surface area contributed by atoms with Crippen LogP contribution >= 0.6 is 0 Å². The minimum Gasteiger partial charge on any atom is -0.466 e. The third-order valence-corrected chi connectivity index (χ3v) is 16.0. The number of aliphatic hydroxyl groups excluding tert-OH is 2. The molecule has 576 valence electrons. The molecule has 6 aromatic carbocycles. The molecule has 0 unspecified atom stereocenters. The number of pyridine rings is 1. The Balaban J connectivity index is 0.000000155. The van der Waals surface area contributed by atoms with Crippen LogP contribution < -0.4 is 31.9 Å². The van der Waals surface area contributed by atoms with Crippen LogP contribution in [0.25, 0.3) is 66.8 Å². The first-order valence-corrected chi connectivity index (χ1v) is 35.6. The van der Waals surface area contributed by atoms with Gasteiger partial charge in [-0.3, -0.25) is 60.3 Å². The van der Waals surface area contributed by atoms with Gasteiger partial charge in [-0.2, -0.15) is 0 Å². The highest BCUT2D eigenvalue weighted by molar-refractivity contribution is 6.37. The molecule has 0 radical (unpaired) electrons. The summed E-state index contributed by atoms with van der Waals surface area (Å²) in [5.41, 5.74) is 10.4. The van der Waals surface area contributed by atoms with Crippen molar-refractivity contribution in [3.63, 3.8) is 0 Å². The molecule has 0 aliphatic heterocycles. The molecule has 30 nitrogen and oxygen atoms in total. The van der Waals surface area contributed by atoms with E-state index in [0.717, 1.165) is 81.3 Å². The van der Waals surface area contributed by atoms with Crippen molar-refractivity contribution < 1.29 is 80.4 Å². The fourth-order valence-corrected chi connectivity index (χ4v) is 10.6. The van der Waals surface area contributed by atoms with Crippen LogP contribution in [-0.2, 0) is 38.2 Å². The van der Waals surface area contributed by atoms with E-state index in [0.29, 0.717) is 53.3 Å². The van der Waals surface area contributed by atoms with E-state index in [1.54, 1.807) is 63.0 Å². The number of rotatable bonds is 23. The van der Waals surface area contributed by atoms with Gasteiger partial charge in [0, 0.05) is 25.3 Å². The summed E-state index contributed by atoms with van der Waals surface area (Å²) in [5, 5.41) is 55.7. The summed E-state index contributed by atoms with van der Waals surface area (Å²) in [5.74, 6) is -1.36. The van der Waals surface area contributed by atoms with Crippen molar-refractivity contribution in [3.05, 3.63) is 249 Å². The molecule has 1 fully saturated rings. The number of nitrogens with one attached hydrogen (secondary N) is 6. The monoisotopic (exact) mass is 1520 g/mol. The summed E-state index contributed by atoms with van der Waals surface area (Å²) in [7, 11) is 0. The molecular formula is C82H81N13O17. The molecule has 1 aliphatic rings. The quantitative estimate of drug-likeness (QED) is 0.0128. The predicted octanol–water partition coefficient (Wildman–Crippen LogP) is 14.7. The summed E-state index contributed by atoms with van der Waals surface area (Å²) in [6.45, 7) is 4.32. The summed E-state index contributed by atoms with van der Waals surface area (Å²) in [6, 6.07) is 62.5. The molecule has 0 spiro atoms. The van der Waals surface area contributed by atoms with Crippen molar-refractivity contribution in [2.75, 3.05) is 64.9 Å². The van der Waals surface area contributed by atoms with Crippen molar-refractivity contribution in [1.82, 2.24) is 35.9 Å². The van der Waals surface area contributed by atoms with Gasteiger partial charge in [0.15, 0.2) is 0 Å². The highest BCUT2D eigenvalue weighted by Crippen LogP contribution is 2.34. The second-order valence-corrected chi connectivity index (χ2v) is 23.8. The average molecular weight is 1520 g/mol. The number of amides is 5. The molecule has 7 heterocycles. The largest absolute Gasteiger partial charge is 0.466 e. The lowest BCUT2D eigenvalue weighted by Crippen LogP contribution is -2.25. The SMILES string of the molecule is CCOC(=O)C(=O)Nc1oncc1-c1ccccc1.CCOC(=O)CC(=O)Nc1oncc1-c1ccccc1.O=C(CCO)Nc1oncc1-c1ccccc1.O=C(Nc1oncc1-c1ccccc1)C1CCCCC1.O=C(Nc1oncc1-c1ccccc1)c1ccccn1.OCCCNc1oncc1-c1ccccc1. The van der Waals surface area contributed by atoms with Crippen LogP contribution in [0, 0.1) is 5.92 Å². The molecule has 13 aromatic rings. The highest BCUT2D eigenvalue weighted by Gasteiger charge is 2.25. The second kappa shape index (κ2) is 44.8. The number of hydrogen-bond acceptors (Lipinski definition) is 25. The van der Waals surface area contributed by atoms with E-state index >= 15 is 0 Å². The van der Waals surface area contributed by atoms with E-state index in [-0.39, 0.29) is 74.7 Å². The lowest BCUT2D eigenvalue weighted by molar-refractivity contribution is -0.152. The Bertz CT molecular complexity index is 4980. The third-order valence-electron chi connectivity index (χ3n) is 16.0. The lowest BCUT2D eigenvalue weighted by atomic mass is 9.88. The van der Waals surface area contributed by atoms with E-state index < -0.39 is 23.8 Å². The molecule has 0 saturated heterocycles. The van der Waals surface area contributed by atoms with Crippen LogP contribution in [-0.4, -0.2) is 121 Å². The molecule has 1 saturated carbocycles. The van der Waals surface area contributed by atoms with Crippen molar-refractivity contribution in [1.29, 1.82) is 0 Å². The Morgan fingerprint density at radius 2 is 0.759 bits per heavy atom. The number of carbonyl (C=O) groups excluding carboxylic acids is 7. The molecule has 0 atom stereocenters. The maximum atomic E-state index is 12.3. The molecule has 0 bridgehead atoms. The van der Waals surface area contributed by atoms with Gasteiger partial charge in [0.2, 0.25) is 53.0 Å². The van der Waals surface area contributed by atoms with E-state index in [9.17, 15) is 33.6 Å². The Labute approximate surface area is 642 Å². The van der Waals surface area contributed by atoms with Crippen LogP contribution in [0.5, 0.6) is 0 Å². The van der Waals surface area contributed by atoms with E-state index in [2.05, 4.69) is 72.6 Å². The number of ether oxygens (including phenoxy) is 2. The third kappa shape index (κ3) is 25.5. The number of esters is 2. The molecule has 14 rings (SSSR count). The molecule has 30 heteroatoms. The van der Waals surface area contributed by atoms with Crippen molar-refractivity contribution in [2.24, 2.45) is 5.92 Å². The first-order chi connectivity index (χ1) is 54.8. The number of anilines is 6. The summed E-state index contributed by atoms with van der Waals surface area (Å²) < 4.78 is 39.6. The van der Waals surface area contributed by atoms with Gasteiger partial charge in [0.1, 0.15) is 12.1 Å². The summed E-state index contributed by atoms with van der Waals surface area (Å²) in [4.78, 5) is 85.2. The van der Waals surface area contributed by atoms with Gasteiger partial charge in [-0.05, 0) is 78.6 Å². The molecule has 7 aromatic heterocycles. The Morgan fingerprint density at radius 1 is 0.402 bits per heavy atom. The smallest absolute Gasteiger partial charge is 0.397 e. The second-order valence-electron chi connectivity index (χ2n) is 23.8. The van der Waals surface area contributed by atoms with Crippen molar-refractivity contribution >= 4 is 76.8 Å². The van der Waals surface area contributed by atoms with Gasteiger partial charge in [-0.15, -0.1) is 0 Å². The average Bonchev–Trinajstić information content (AvgIpc) is 1.66. The summed E-state index contributed by atoms with van der Waals surface area (Å²) in [6.07, 6.45) is 16.8. The highest BCUT2D eigenvalue weighted by atomic mass is 16.5. The first-order valence-electron chi connectivity index (χ1n) is 35.6. The van der Waals surface area contributed by atoms with Crippen LogP contribution in [0.3, 0.4) is 0 Å². The number of aliphatic hydroxyl groups is 2. The van der Waals surface area contributed by atoms with Crippen LogP contribution in [0.1, 0.15) is 75.7 Å². The minimum atomic E-state index is -0.960. The van der Waals surface area contributed by atoms with Gasteiger partial charge < -0.3 is 52.1 Å². The maximum Gasteiger partial charge on any atom is 0.397 e. The lowest BCUT2D eigenvalue weighted by Gasteiger charge is -2.20. The zero-order valence-electron chi connectivity index (χ0n) is 61.0. The Morgan fingerprint density at radius 3 is 1.13 bits per heavy atom. The van der Waals surface area contributed by atoms with Gasteiger partial charge in [-0.25, -0.2) is 4.79 Å². The van der Waals surface area contributed by atoms with E-state index in [1.807, 2.05) is 182 Å². The normalized spacial score (nSPS) is 11.2. The topological polar surface area (TPSA) is 420 Å².